The summed E-state index contributed by atoms with van der Waals surface area (Å²) >= 11 is 0. The minimum atomic E-state index is -0.527. The number of piperidine rings is 1. The van der Waals surface area contributed by atoms with Crippen molar-refractivity contribution in [2.75, 3.05) is 36.4 Å². The van der Waals surface area contributed by atoms with Crippen molar-refractivity contribution in [2.45, 2.75) is 44.2 Å². The Bertz CT molecular complexity index is 939. The second-order valence-electron chi connectivity index (χ2n) is 8.83. The van der Waals surface area contributed by atoms with E-state index in [4.69, 9.17) is 0 Å². The summed E-state index contributed by atoms with van der Waals surface area (Å²) in [5.74, 6) is -1.02. The fraction of sp³-hybridized carbons (Fsp3) is 0.478. The van der Waals surface area contributed by atoms with Crippen molar-refractivity contribution in [1.29, 1.82) is 0 Å². The molecular weight excluding hydrogens is 375 g/mol. The van der Waals surface area contributed by atoms with E-state index in [1.807, 2.05) is 0 Å². The van der Waals surface area contributed by atoms with Gasteiger partial charge in [0.05, 0.1) is 11.4 Å². The third-order valence-corrected chi connectivity index (χ3v) is 6.77. The molecule has 0 aromatic heterocycles. The third kappa shape index (κ3) is 3.27. The molecule has 1 N–H and O–H groups in total. The van der Waals surface area contributed by atoms with Crippen molar-refractivity contribution in [2.24, 2.45) is 0 Å². The van der Waals surface area contributed by atoms with Crippen LogP contribution in [0.2, 0.25) is 0 Å². The Hall–Kier alpha value is -2.21. The number of anilines is 2. The van der Waals surface area contributed by atoms with Gasteiger partial charge in [-0.3, -0.25) is 4.90 Å². The molecule has 5 rings (SSSR count). The number of nitrogens with one attached hydrogen (secondary N) is 1. The number of hydrogen-bond acceptors (Lipinski definition) is 3. The lowest BCUT2D eigenvalue weighted by Gasteiger charge is -2.44. The monoisotopic (exact) mass is 401 g/mol. The van der Waals surface area contributed by atoms with Gasteiger partial charge in [0, 0.05) is 19.2 Å². The Morgan fingerprint density at radius 2 is 1.83 bits per heavy atom. The maximum Gasteiger partial charge on any atom is 0.129 e. The van der Waals surface area contributed by atoms with Gasteiger partial charge >= 0.3 is 0 Å². The quantitative estimate of drug-likeness (QED) is 0.791. The highest BCUT2D eigenvalue weighted by Gasteiger charge is 2.43. The molecule has 1 unspecified atom stereocenters. The zero-order valence-corrected chi connectivity index (χ0v) is 16.6. The molecule has 3 nitrogen and oxygen atoms in total. The van der Waals surface area contributed by atoms with Crippen molar-refractivity contribution in [1.82, 2.24) is 4.90 Å². The summed E-state index contributed by atoms with van der Waals surface area (Å²) in [7, 11) is 0. The van der Waals surface area contributed by atoms with Crippen LogP contribution in [-0.4, -0.2) is 36.7 Å². The van der Waals surface area contributed by atoms with Gasteiger partial charge in [-0.15, -0.1) is 0 Å². The Morgan fingerprint density at radius 3 is 2.59 bits per heavy atom. The Labute approximate surface area is 169 Å². The number of likely N-dealkylation sites (tertiary alicyclic amines) is 1. The average molecular weight is 401 g/mol. The van der Waals surface area contributed by atoms with Gasteiger partial charge in [-0.2, -0.15) is 0 Å². The summed E-state index contributed by atoms with van der Waals surface area (Å²) in [5.41, 5.74) is 3.49. The van der Waals surface area contributed by atoms with Crippen LogP contribution in [0.25, 0.3) is 0 Å². The van der Waals surface area contributed by atoms with Gasteiger partial charge in [-0.1, -0.05) is 6.07 Å². The van der Waals surface area contributed by atoms with Crippen molar-refractivity contribution in [3.8, 4) is 0 Å². The summed E-state index contributed by atoms with van der Waals surface area (Å²) in [6, 6.07) is 7.19. The van der Waals surface area contributed by atoms with Gasteiger partial charge in [0.25, 0.3) is 0 Å². The van der Waals surface area contributed by atoms with Crippen molar-refractivity contribution in [3.63, 3.8) is 0 Å². The molecule has 0 saturated carbocycles. The lowest BCUT2D eigenvalue weighted by atomic mass is 9.88. The minimum absolute atomic E-state index is 0.129. The van der Waals surface area contributed by atoms with Crippen molar-refractivity contribution < 1.29 is 13.2 Å². The molecule has 1 fully saturated rings. The second-order valence-corrected chi connectivity index (χ2v) is 8.83. The summed E-state index contributed by atoms with van der Waals surface area (Å²) in [6.45, 7) is 5.70. The molecule has 0 amide bonds. The predicted octanol–water partition coefficient (Wildman–Crippen LogP) is 4.88. The lowest BCUT2D eigenvalue weighted by molar-refractivity contribution is 0.178. The molecule has 3 heterocycles. The molecule has 0 spiro atoms. The van der Waals surface area contributed by atoms with E-state index in [2.05, 4.69) is 22.0 Å². The lowest BCUT2D eigenvalue weighted by Crippen LogP contribution is -2.57. The predicted molar refractivity (Wildman–Crippen MR) is 109 cm³/mol. The van der Waals surface area contributed by atoms with E-state index in [1.54, 1.807) is 18.2 Å². The molecule has 29 heavy (non-hydrogen) atoms. The van der Waals surface area contributed by atoms with Crippen molar-refractivity contribution in [3.05, 3.63) is 58.9 Å². The van der Waals surface area contributed by atoms with Gasteiger partial charge in [-0.25, -0.2) is 13.2 Å². The molecule has 2 aromatic rings. The zero-order chi connectivity index (χ0) is 20.2. The van der Waals surface area contributed by atoms with E-state index in [0.717, 1.165) is 74.9 Å². The zero-order valence-electron chi connectivity index (χ0n) is 16.6. The fourth-order valence-corrected chi connectivity index (χ4v) is 5.45. The molecule has 6 heteroatoms. The van der Waals surface area contributed by atoms with Crippen LogP contribution in [0.5, 0.6) is 0 Å². The largest absolute Gasteiger partial charge is 0.360 e. The Kier molecular flexibility index (Phi) is 4.50. The minimum Gasteiger partial charge on any atom is -0.360 e. The molecule has 0 aliphatic carbocycles. The molecular formula is C23H26F3N3. The van der Waals surface area contributed by atoms with E-state index in [0.29, 0.717) is 5.56 Å². The first-order valence-corrected chi connectivity index (χ1v) is 10.5. The van der Waals surface area contributed by atoms with Gasteiger partial charge in [0.1, 0.15) is 23.1 Å². The highest BCUT2D eigenvalue weighted by Crippen LogP contribution is 2.46. The molecule has 2 aromatic carbocycles. The number of benzene rings is 2. The smallest absolute Gasteiger partial charge is 0.129 e. The summed E-state index contributed by atoms with van der Waals surface area (Å²) in [4.78, 5) is 4.80. The van der Waals surface area contributed by atoms with Gasteiger partial charge in [-0.05, 0) is 80.9 Å². The standard InChI is InChI=1S/C23H26F3N3/c1-23(27-21-13-18(25)11-16-3-2-8-29(23)22(16)21)14-28-9-6-15(7-10-28)19-5-4-17(24)12-20(19)26/h4-5,11-13,15,27H,2-3,6-10,14H2,1H3. The number of halogens is 3. The molecule has 1 atom stereocenters. The number of rotatable bonds is 3. The van der Waals surface area contributed by atoms with E-state index in [-0.39, 0.29) is 17.4 Å². The third-order valence-electron chi connectivity index (χ3n) is 6.77. The normalized spacial score (nSPS) is 24.5. The summed E-state index contributed by atoms with van der Waals surface area (Å²) in [6.07, 6.45) is 3.65. The van der Waals surface area contributed by atoms with E-state index in [9.17, 15) is 13.2 Å². The van der Waals surface area contributed by atoms with Crippen LogP contribution in [0.4, 0.5) is 24.5 Å². The van der Waals surface area contributed by atoms with E-state index in [1.165, 1.54) is 6.07 Å². The molecule has 154 valence electrons. The summed E-state index contributed by atoms with van der Waals surface area (Å²) in [5, 5.41) is 3.58. The average Bonchev–Trinajstić information content (AvgIpc) is 2.95. The molecule has 0 radical (unpaired) electrons. The highest BCUT2D eigenvalue weighted by molar-refractivity contribution is 5.81. The van der Waals surface area contributed by atoms with Gasteiger partial charge < -0.3 is 10.2 Å². The first kappa shape index (κ1) is 18.8. The van der Waals surface area contributed by atoms with Crippen LogP contribution in [-0.2, 0) is 6.42 Å². The first-order chi connectivity index (χ1) is 13.9. The van der Waals surface area contributed by atoms with E-state index < -0.39 is 11.6 Å². The Morgan fingerprint density at radius 1 is 1.03 bits per heavy atom. The van der Waals surface area contributed by atoms with Gasteiger partial charge in [0.15, 0.2) is 0 Å². The maximum atomic E-state index is 14.1. The molecule has 0 bridgehead atoms. The first-order valence-electron chi connectivity index (χ1n) is 10.5. The van der Waals surface area contributed by atoms with Crippen LogP contribution in [0.1, 0.15) is 43.2 Å². The fourth-order valence-electron chi connectivity index (χ4n) is 5.45. The van der Waals surface area contributed by atoms with Gasteiger partial charge in [0.2, 0.25) is 0 Å². The Balaban J connectivity index is 1.29. The number of hydrogen-bond donors (Lipinski definition) is 1. The van der Waals surface area contributed by atoms with Crippen LogP contribution in [0.3, 0.4) is 0 Å². The SMILES string of the molecule is CC1(CN2CCC(c3ccc(F)cc3F)CC2)Nc2cc(F)cc3c2N1CCC3. The van der Waals surface area contributed by atoms with Crippen LogP contribution in [0.15, 0.2) is 30.3 Å². The number of nitrogens with zero attached hydrogens (tertiary/aromatic N) is 2. The molecule has 3 aliphatic heterocycles. The van der Waals surface area contributed by atoms with Crippen LogP contribution < -0.4 is 10.2 Å². The molecule has 1 saturated heterocycles. The second kappa shape index (κ2) is 6.94. The van der Waals surface area contributed by atoms with E-state index >= 15 is 0 Å². The maximum absolute atomic E-state index is 14.1. The van der Waals surface area contributed by atoms with Crippen molar-refractivity contribution >= 4 is 11.4 Å². The summed E-state index contributed by atoms with van der Waals surface area (Å²) < 4.78 is 41.4. The molecule has 3 aliphatic rings. The van der Waals surface area contributed by atoms with Crippen LogP contribution in [0, 0.1) is 17.5 Å². The highest BCUT2D eigenvalue weighted by atomic mass is 19.1. The number of aryl methyl sites for hydroxylation is 1. The van der Waals surface area contributed by atoms with Crippen LogP contribution >= 0.6 is 0 Å². The topological polar surface area (TPSA) is 18.5 Å².